The summed E-state index contributed by atoms with van der Waals surface area (Å²) in [5.74, 6) is -1.69. The predicted molar refractivity (Wildman–Crippen MR) is 118 cm³/mol. The summed E-state index contributed by atoms with van der Waals surface area (Å²) in [4.78, 5) is 28.9. The largest absolute Gasteiger partial charge is 0.872 e. The Morgan fingerprint density at radius 2 is 1.87 bits per heavy atom. The highest BCUT2D eigenvalue weighted by atomic mass is 79.9. The summed E-state index contributed by atoms with van der Waals surface area (Å²) in [6.45, 7) is 6.18. The van der Waals surface area contributed by atoms with Gasteiger partial charge in [-0.3, -0.25) is 9.59 Å². The molecule has 7 heteroatoms. The Balaban J connectivity index is 1.73. The number of Topliss-reactive ketones (excluding diaryl/α,β-unsaturated/α-hetero) is 1. The Labute approximate surface area is 190 Å². The number of hydrogen-bond acceptors (Lipinski definition) is 4. The molecule has 0 aliphatic carbocycles. The summed E-state index contributed by atoms with van der Waals surface area (Å²) in [5.41, 5.74) is 2.22. The molecule has 2 saturated heterocycles. The molecule has 4 rings (SSSR count). The minimum absolute atomic E-state index is 0.0314. The van der Waals surface area contributed by atoms with Gasteiger partial charge in [0.1, 0.15) is 13.1 Å². The highest BCUT2D eigenvalue weighted by molar-refractivity contribution is 9.10. The van der Waals surface area contributed by atoms with Gasteiger partial charge in [0.25, 0.3) is 5.91 Å². The lowest BCUT2D eigenvalue weighted by molar-refractivity contribution is -0.907. The molecule has 2 aromatic carbocycles. The Morgan fingerprint density at radius 3 is 2.55 bits per heavy atom. The number of ketones is 1. The number of ether oxygens (including phenoxy) is 1. The SMILES string of the molecule is Cc1ccc(/C([O-])=C2\C(=O)C(=O)N(CC[NH+]3CCOCC3)C2c2cccc(Br)c2)cc1. The molecule has 1 unspecified atom stereocenters. The van der Waals surface area contributed by atoms with Crippen LogP contribution < -0.4 is 10.0 Å². The normalized spacial score (nSPS) is 21.6. The molecule has 1 atom stereocenters. The number of morpholine rings is 1. The second kappa shape index (κ2) is 9.34. The second-order valence-electron chi connectivity index (χ2n) is 8.01. The summed E-state index contributed by atoms with van der Waals surface area (Å²) in [5, 5.41) is 13.4. The quantitative estimate of drug-likeness (QED) is 0.388. The van der Waals surface area contributed by atoms with Crippen LogP contribution >= 0.6 is 15.9 Å². The molecule has 2 aliphatic heterocycles. The summed E-state index contributed by atoms with van der Waals surface area (Å²) < 4.78 is 6.24. The van der Waals surface area contributed by atoms with Crippen LogP contribution in [-0.4, -0.2) is 56.0 Å². The van der Waals surface area contributed by atoms with Crippen LogP contribution in [0.5, 0.6) is 0 Å². The van der Waals surface area contributed by atoms with Crippen molar-refractivity contribution in [2.45, 2.75) is 13.0 Å². The number of amides is 1. The van der Waals surface area contributed by atoms with Gasteiger partial charge in [0.05, 0.1) is 32.3 Å². The zero-order chi connectivity index (χ0) is 22.0. The van der Waals surface area contributed by atoms with Crippen molar-refractivity contribution in [3.05, 3.63) is 75.3 Å². The van der Waals surface area contributed by atoms with Gasteiger partial charge in [-0.25, -0.2) is 0 Å². The van der Waals surface area contributed by atoms with E-state index in [1.807, 2.05) is 43.3 Å². The van der Waals surface area contributed by atoms with Gasteiger partial charge >= 0.3 is 0 Å². The van der Waals surface area contributed by atoms with E-state index < -0.39 is 17.7 Å². The fourth-order valence-electron chi connectivity index (χ4n) is 4.17. The first-order chi connectivity index (χ1) is 15.0. The maximum Gasteiger partial charge on any atom is 0.295 e. The molecule has 162 valence electrons. The molecule has 0 radical (unpaired) electrons. The number of hydrogen-bond donors (Lipinski definition) is 1. The maximum absolute atomic E-state index is 13.4. The van der Waals surface area contributed by atoms with E-state index in [4.69, 9.17) is 4.74 Å². The number of halogens is 1. The summed E-state index contributed by atoms with van der Waals surface area (Å²) in [7, 11) is 0. The molecular weight excluding hydrogens is 460 g/mol. The second-order valence-corrected chi connectivity index (χ2v) is 8.92. The Bertz CT molecular complexity index is 1010. The van der Waals surface area contributed by atoms with Gasteiger partial charge in [0, 0.05) is 10.0 Å². The van der Waals surface area contributed by atoms with Crippen LogP contribution in [0.25, 0.3) is 5.76 Å². The number of carbonyl (C=O) groups excluding carboxylic acids is 2. The fraction of sp³-hybridized carbons (Fsp3) is 0.333. The molecule has 31 heavy (non-hydrogen) atoms. The highest BCUT2D eigenvalue weighted by Gasteiger charge is 2.44. The van der Waals surface area contributed by atoms with E-state index in [-0.39, 0.29) is 11.3 Å². The smallest absolute Gasteiger partial charge is 0.295 e. The first-order valence-corrected chi connectivity index (χ1v) is 11.3. The molecule has 0 saturated carbocycles. The lowest BCUT2D eigenvalue weighted by Gasteiger charge is -2.30. The molecule has 0 aromatic heterocycles. The van der Waals surface area contributed by atoms with E-state index in [0.29, 0.717) is 31.9 Å². The molecule has 2 fully saturated rings. The fourth-order valence-corrected chi connectivity index (χ4v) is 4.59. The predicted octanol–water partition coefficient (Wildman–Crippen LogP) is 0.897. The summed E-state index contributed by atoms with van der Waals surface area (Å²) >= 11 is 3.47. The highest BCUT2D eigenvalue weighted by Crippen LogP contribution is 2.39. The van der Waals surface area contributed by atoms with Crippen molar-refractivity contribution in [1.29, 1.82) is 0 Å². The molecule has 0 bridgehead atoms. The Morgan fingerprint density at radius 1 is 1.16 bits per heavy atom. The van der Waals surface area contributed by atoms with Gasteiger partial charge in [-0.15, -0.1) is 0 Å². The van der Waals surface area contributed by atoms with Crippen LogP contribution in [0.15, 0.2) is 58.6 Å². The number of nitrogens with one attached hydrogen (secondary N) is 1. The standard InChI is InChI=1S/C24H25BrN2O4/c1-16-5-7-17(8-6-16)22(28)20-21(18-3-2-4-19(25)15-18)27(24(30)23(20)29)10-9-26-11-13-31-14-12-26/h2-8,15,21,28H,9-14H2,1H3/b22-20+. The van der Waals surface area contributed by atoms with E-state index in [2.05, 4.69) is 15.9 Å². The Hall–Kier alpha value is -2.48. The van der Waals surface area contributed by atoms with Crippen LogP contribution in [0.2, 0.25) is 0 Å². The molecule has 6 nitrogen and oxygen atoms in total. The van der Waals surface area contributed by atoms with E-state index in [1.54, 1.807) is 17.0 Å². The number of benzene rings is 2. The van der Waals surface area contributed by atoms with Crippen molar-refractivity contribution in [2.75, 3.05) is 39.4 Å². The van der Waals surface area contributed by atoms with Crippen LogP contribution in [-0.2, 0) is 14.3 Å². The number of likely N-dealkylation sites (tertiary alicyclic amines) is 1. The minimum Gasteiger partial charge on any atom is -0.872 e. The maximum atomic E-state index is 13.4. The number of rotatable bonds is 5. The summed E-state index contributed by atoms with van der Waals surface area (Å²) in [6, 6.07) is 13.9. The lowest BCUT2D eigenvalue weighted by atomic mass is 9.95. The van der Waals surface area contributed by atoms with Crippen LogP contribution in [0.1, 0.15) is 22.7 Å². The van der Waals surface area contributed by atoms with Crippen molar-refractivity contribution < 1.29 is 24.3 Å². The van der Waals surface area contributed by atoms with Gasteiger partial charge in [0.15, 0.2) is 0 Å². The van der Waals surface area contributed by atoms with Gasteiger partial charge in [0.2, 0.25) is 5.78 Å². The van der Waals surface area contributed by atoms with E-state index in [1.165, 1.54) is 4.90 Å². The van der Waals surface area contributed by atoms with Crippen molar-refractivity contribution in [3.63, 3.8) is 0 Å². The number of quaternary nitrogens is 1. The average Bonchev–Trinajstić information content (AvgIpc) is 3.03. The number of aryl methyl sites for hydroxylation is 1. The first-order valence-electron chi connectivity index (χ1n) is 10.5. The molecule has 2 aromatic rings. The van der Waals surface area contributed by atoms with Crippen molar-refractivity contribution >= 4 is 33.4 Å². The molecule has 1 amide bonds. The first kappa shape index (κ1) is 21.7. The van der Waals surface area contributed by atoms with Gasteiger partial charge in [-0.1, -0.05) is 63.7 Å². The molecule has 2 heterocycles. The van der Waals surface area contributed by atoms with Crippen LogP contribution in [0, 0.1) is 6.92 Å². The van der Waals surface area contributed by atoms with E-state index in [9.17, 15) is 14.7 Å². The third-order valence-corrected chi connectivity index (χ3v) is 6.41. The molecule has 1 N–H and O–H groups in total. The van der Waals surface area contributed by atoms with Crippen molar-refractivity contribution in [3.8, 4) is 0 Å². The minimum atomic E-state index is -0.701. The van der Waals surface area contributed by atoms with E-state index >= 15 is 0 Å². The third kappa shape index (κ3) is 4.59. The van der Waals surface area contributed by atoms with Crippen molar-refractivity contribution in [1.82, 2.24) is 4.90 Å². The van der Waals surface area contributed by atoms with E-state index in [0.717, 1.165) is 28.7 Å². The topological polar surface area (TPSA) is 74.1 Å². The zero-order valence-corrected chi connectivity index (χ0v) is 19.0. The Kier molecular flexibility index (Phi) is 6.55. The van der Waals surface area contributed by atoms with Gasteiger partial charge < -0.3 is 19.6 Å². The lowest BCUT2D eigenvalue weighted by Crippen LogP contribution is -3.14. The van der Waals surface area contributed by atoms with Crippen LogP contribution in [0.4, 0.5) is 0 Å². The summed E-state index contributed by atoms with van der Waals surface area (Å²) in [6.07, 6.45) is 0. The number of carbonyl (C=O) groups is 2. The average molecular weight is 485 g/mol. The molecular formula is C24H25BrN2O4. The number of nitrogens with zero attached hydrogens (tertiary/aromatic N) is 1. The van der Waals surface area contributed by atoms with Crippen molar-refractivity contribution in [2.24, 2.45) is 0 Å². The molecule has 2 aliphatic rings. The van der Waals surface area contributed by atoms with Gasteiger partial charge in [-0.2, -0.15) is 0 Å². The van der Waals surface area contributed by atoms with Crippen LogP contribution in [0.3, 0.4) is 0 Å². The van der Waals surface area contributed by atoms with Gasteiger partial charge in [-0.05, 0) is 30.2 Å². The molecule has 0 spiro atoms. The third-order valence-electron chi connectivity index (χ3n) is 5.91. The monoisotopic (exact) mass is 484 g/mol. The zero-order valence-electron chi connectivity index (χ0n) is 17.4.